The van der Waals surface area contributed by atoms with Gasteiger partial charge < -0.3 is 24.3 Å². The van der Waals surface area contributed by atoms with Gasteiger partial charge in [0.25, 0.3) is 0 Å². The average molecular weight is 663 g/mol. The van der Waals surface area contributed by atoms with Gasteiger partial charge in [0.15, 0.2) is 8.32 Å². The third-order valence-electron chi connectivity index (χ3n) is 9.82. The molecule has 1 fully saturated rings. The first kappa shape index (κ1) is 30.9. The first-order valence-corrected chi connectivity index (χ1v) is 19.0. The highest BCUT2D eigenvalue weighted by Crippen LogP contribution is 2.60. The first-order chi connectivity index (χ1) is 19.5. The number of nitrogens with one attached hydrogen (secondary N) is 1. The van der Waals surface area contributed by atoms with Crippen LogP contribution in [0.2, 0.25) is 17.1 Å². The SMILES string of the molecule is CC[Si](OC[C@@H]1C[C@@]23c4c(cc(O)c(Br)c4O[C@@H]2CC(=O)C[C@H]3SCc2ccc(OC)cc2)CN1)(C(C)C)C(C)C. The minimum atomic E-state index is -1.97. The Bertz CT molecular complexity index is 1260. The zero-order chi connectivity index (χ0) is 29.5. The summed E-state index contributed by atoms with van der Waals surface area (Å²) in [5.41, 5.74) is 4.10. The third kappa shape index (κ3) is 5.50. The van der Waals surface area contributed by atoms with Crippen LogP contribution in [0.4, 0.5) is 0 Å². The molecule has 5 rings (SSSR count). The Hall–Kier alpha value is -1.52. The minimum Gasteiger partial charge on any atom is -0.507 e. The number of phenolic OH excluding ortho intramolecular Hbond substituents is 1. The molecule has 2 aromatic carbocycles. The predicted octanol–water partition coefficient (Wildman–Crippen LogP) is 7.49. The molecule has 4 atom stereocenters. The van der Waals surface area contributed by atoms with Crippen LogP contribution in [0.3, 0.4) is 0 Å². The fourth-order valence-corrected chi connectivity index (χ4v) is 13.9. The summed E-state index contributed by atoms with van der Waals surface area (Å²) in [5, 5.41) is 14.7. The molecule has 0 saturated heterocycles. The van der Waals surface area contributed by atoms with E-state index in [2.05, 4.69) is 68.0 Å². The second-order valence-electron chi connectivity index (χ2n) is 12.5. The molecule has 2 heterocycles. The molecular formula is C32H44BrNO5SSi. The number of carbonyl (C=O) groups excluding carboxylic acids is 1. The largest absolute Gasteiger partial charge is 0.507 e. The van der Waals surface area contributed by atoms with Crippen molar-refractivity contribution in [3.05, 3.63) is 51.5 Å². The van der Waals surface area contributed by atoms with E-state index >= 15 is 0 Å². The van der Waals surface area contributed by atoms with Gasteiger partial charge in [-0.3, -0.25) is 4.79 Å². The van der Waals surface area contributed by atoms with Gasteiger partial charge >= 0.3 is 0 Å². The number of thioether (sulfide) groups is 1. The second kappa shape index (κ2) is 12.2. The monoisotopic (exact) mass is 661 g/mol. The van der Waals surface area contributed by atoms with Crippen molar-refractivity contribution in [2.24, 2.45) is 0 Å². The Morgan fingerprint density at radius 1 is 1.20 bits per heavy atom. The van der Waals surface area contributed by atoms with Gasteiger partial charge in [-0.25, -0.2) is 0 Å². The van der Waals surface area contributed by atoms with Gasteiger partial charge in [-0.2, -0.15) is 11.8 Å². The highest BCUT2D eigenvalue weighted by atomic mass is 79.9. The lowest BCUT2D eigenvalue weighted by atomic mass is 9.64. The molecule has 2 N–H and O–H groups in total. The summed E-state index contributed by atoms with van der Waals surface area (Å²) in [7, 11) is -0.293. The molecule has 0 radical (unpaired) electrons. The molecule has 0 amide bonds. The third-order valence-corrected chi connectivity index (χ3v) is 17.8. The Balaban J connectivity index is 1.52. The van der Waals surface area contributed by atoms with E-state index in [0.717, 1.165) is 35.1 Å². The number of carbonyl (C=O) groups is 1. The Morgan fingerprint density at radius 3 is 2.54 bits per heavy atom. The van der Waals surface area contributed by atoms with Crippen LogP contribution in [-0.2, 0) is 26.9 Å². The van der Waals surface area contributed by atoms with Crippen molar-refractivity contribution in [3.8, 4) is 17.2 Å². The lowest BCUT2D eigenvalue weighted by Gasteiger charge is -2.46. The summed E-state index contributed by atoms with van der Waals surface area (Å²) < 4.78 is 19.6. The van der Waals surface area contributed by atoms with E-state index in [1.54, 1.807) is 7.11 Å². The van der Waals surface area contributed by atoms with Gasteiger partial charge in [0.2, 0.25) is 0 Å². The van der Waals surface area contributed by atoms with Crippen molar-refractivity contribution in [1.29, 1.82) is 0 Å². The van der Waals surface area contributed by atoms with Gasteiger partial charge in [-0.1, -0.05) is 46.8 Å². The van der Waals surface area contributed by atoms with Crippen LogP contribution in [0, 0.1) is 0 Å². The molecule has 3 aliphatic rings. The zero-order valence-electron chi connectivity index (χ0n) is 25.1. The van der Waals surface area contributed by atoms with E-state index in [1.165, 1.54) is 5.56 Å². The number of benzene rings is 2. The van der Waals surface area contributed by atoms with Gasteiger partial charge in [0, 0.05) is 48.6 Å². The van der Waals surface area contributed by atoms with E-state index in [1.807, 2.05) is 30.0 Å². The van der Waals surface area contributed by atoms with Gasteiger partial charge in [0.1, 0.15) is 33.6 Å². The maximum atomic E-state index is 13.2. The molecule has 1 saturated carbocycles. The lowest BCUT2D eigenvalue weighted by Crippen LogP contribution is -2.55. The molecule has 2 aromatic rings. The maximum absolute atomic E-state index is 13.2. The maximum Gasteiger partial charge on any atom is 0.197 e. The molecule has 0 aromatic heterocycles. The molecule has 0 unspecified atom stereocenters. The van der Waals surface area contributed by atoms with E-state index in [0.29, 0.717) is 47.3 Å². The molecule has 1 aliphatic carbocycles. The van der Waals surface area contributed by atoms with E-state index in [9.17, 15) is 9.90 Å². The smallest absolute Gasteiger partial charge is 0.197 e. The van der Waals surface area contributed by atoms with Gasteiger partial charge in [-0.05, 0) is 68.8 Å². The number of aromatic hydroxyl groups is 1. The molecule has 6 nitrogen and oxygen atoms in total. The van der Waals surface area contributed by atoms with E-state index < -0.39 is 8.32 Å². The first-order valence-electron chi connectivity index (χ1n) is 14.9. The lowest BCUT2D eigenvalue weighted by molar-refractivity contribution is -0.124. The molecule has 0 bridgehead atoms. The number of Topliss-reactive ketones (excluding diaryl/α,β-unsaturated/α-hetero) is 1. The highest BCUT2D eigenvalue weighted by Gasteiger charge is 2.60. The second-order valence-corrected chi connectivity index (χ2v) is 19.7. The number of halogens is 1. The summed E-state index contributed by atoms with van der Waals surface area (Å²) in [5.74, 6) is 2.76. The normalized spacial score (nSPS) is 25.6. The van der Waals surface area contributed by atoms with Crippen molar-refractivity contribution in [3.63, 3.8) is 0 Å². The summed E-state index contributed by atoms with van der Waals surface area (Å²) in [4.78, 5) is 13.2. The quantitative estimate of drug-likeness (QED) is 0.256. The van der Waals surface area contributed by atoms with Gasteiger partial charge in [0.05, 0.1) is 12.5 Å². The fraction of sp³-hybridized carbons (Fsp3) is 0.594. The fourth-order valence-electron chi connectivity index (χ4n) is 7.63. The topological polar surface area (TPSA) is 77.0 Å². The molecular weight excluding hydrogens is 618 g/mol. The molecule has 224 valence electrons. The Morgan fingerprint density at radius 2 is 1.90 bits per heavy atom. The van der Waals surface area contributed by atoms with Crippen LogP contribution < -0.4 is 14.8 Å². The number of ether oxygens (including phenoxy) is 2. The van der Waals surface area contributed by atoms with Crippen molar-refractivity contribution < 1.29 is 23.8 Å². The van der Waals surface area contributed by atoms with Crippen LogP contribution in [0.25, 0.3) is 0 Å². The highest BCUT2D eigenvalue weighted by molar-refractivity contribution is 9.10. The van der Waals surface area contributed by atoms with Crippen molar-refractivity contribution >= 4 is 41.8 Å². The number of ketones is 1. The number of hydrogen-bond acceptors (Lipinski definition) is 7. The zero-order valence-corrected chi connectivity index (χ0v) is 28.5. The molecule has 2 aliphatic heterocycles. The summed E-state index contributed by atoms with van der Waals surface area (Å²) >= 11 is 5.48. The Labute approximate surface area is 258 Å². The van der Waals surface area contributed by atoms with Crippen molar-refractivity contribution in [2.75, 3.05) is 13.7 Å². The average Bonchev–Trinajstić information content (AvgIpc) is 3.18. The molecule has 9 heteroatoms. The minimum absolute atomic E-state index is 0.0399. The predicted molar refractivity (Wildman–Crippen MR) is 172 cm³/mol. The van der Waals surface area contributed by atoms with Crippen LogP contribution in [0.1, 0.15) is 70.6 Å². The number of hydrogen-bond donors (Lipinski definition) is 2. The summed E-state index contributed by atoms with van der Waals surface area (Å²) in [6, 6.07) is 11.3. The van der Waals surface area contributed by atoms with Crippen molar-refractivity contribution in [1.82, 2.24) is 5.32 Å². The van der Waals surface area contributed by atoms with Crippen LogP contribution in [0.5, 0.6) is 17.2 Å². The molecule has 1 spiro atoms. The standard InChI is InChI=1S/C32H44BrNO5SSi/c1-7-41(19(2)3,20(4)5)38-17-23-15-32-27(39-31-29(32)22(16-34-23)12-26(36)30(31)33)13-24(35)14-28(32)40-18-21-8-10-25(37-6)11-9-21/h8-12,19-20,23,27-28,34,36H,7,13-18H2,1-6H3/t23-,27+,28+,32+/m0/s1. The van der Waals surface area contributed by atoms with E-state index in [4.69, 9.17) is 13.9 Å². The van der Waals surface area contributed by atoms with Crippen molar-refractivity contribution in [2.45, 2.75) is 106 Å². The summed E-state index contributed by atoms with van der Waals surface area (Å²) in [6.07, 6.45) is 1.46. The number of rotatable bonds is 10. The number of methoxy groups -OCH3 is 1. The van der Waals surface area contributed by atoms with Crippen LogP contribution in [-0.4, -0.2) is 50.3 Å². The Kier molecular flexibility index (Phi) is 9.22. The summed E-state index contributed by atoms with van der Waals surface area (Å²) in [6.45, 7) is 12.8. The van der Waals surface area contributed by atoms with Crippen LogP contribution in [0.15, 0.2) is 34.8 Å². The van der Waals surface area contributed by atoms with E-state index in [-0.39, 0.29) is 34.3 Å². The molecule has 41 heavy (non-hydrogen) atoms. The number of phenols is 1. The van der Waals surface area contributed by atoms with Gasteiger partial charge in [-0.15, -0.1) is 0 Å². The van der Waals surface area contributed by atoms with Crippen LogP contribution >= 0.6 is 27.7 Å².